The summed E-state index contributed by atoms with van der Waals surface area (Å²) in [7, 11) is 1.56. The Kier molecular flexibility index (Phi) is 2.45. The van der Waals surface area contributed by atoms with E-state index in [2.05, 4.69) is 0 Å². The number of hydrogen-bond donors (Lipinski definition) is 0. The van der Waals surface area contributed by atoms with Crippen LogP contribution in [0, 0.1) is 5.92 Å². The first kappa shape index (κ1) is 7.28. The fourth-order valence-corrected chi connectivity index (χ4v) is 0.946. The quantitative estimate of drug-likeness (QED) is 0.544. The summed E-state index contributed by atoms with van der Waals surface area (Å²) >= 11 is 0. The fraction of sp³-hybridized carbons (Fsp3) is 0.571. The van der Waals surface area contributed by atoms with Crippen LogP contribution in [0.25, 0.3) is 0 Å². The van der Waals surface area contributed by atoms with E-state index in [9.17, 15) is 4.79 Å². The SMILES string of the molecule is COC1OC=CC1CC=O. The van der Waals surface area contributed by atoms with Crippen LogP contribution in [0.1, 0.15) is 6.42 Å². The molecule has 0 fully saturated rings. The molecule has 0 aromatic carbocycles. The van der Waals surface area contributed by atoms with Gasteiger partial charge in [0, 0.05) is 19.4 Å². The van der Waals surface area contributed by atoms with Gasteiger partial charge < -0.3 is 14.3 Å². The molecule has 0 saturated heterocycles. The molecule has 0 aliphatic carbocycles. The number of aldehydes is 1. The van der Waals surface area contributed by atoms with Gasteiger partial charge in [-0.1, -0.05) is 0 Å². The molecule has 1 heterocycles. The second-order valence-corrected chi connectivity index (χ2v) is 2.13. The lowest BCUT2D eigenvalue weighted by molar-refractivity contribution is -0.115. The Morgan fingerprint density at radius 3 is 3.20 bits per heavy atom. The Morgan fingerprint density at radius 2 is 2.60 bits per heavy atom. The third-order valence-electron chi connectivity index (χ3n) is 1.49. The molecular formula is C7H10O3. The van der Waals surface area contributed by atoms with E-state index in [4.69, 9.17) is 9.47 Å². The Morgan fingerprint density at radius 1 is 1.80 bits per heavy atom. The van der Waals surface area contributed by atoms with Crippen LogP contribution < -0.4 is 0 Å². The van der Waals surface area contributed by atoms with Crippen LogP contribution in [0.3, 0.4) is 0 Å². The van der Waals surface area contributed by atoms with Gasteiger partial charge >= 0.3 is 0 Å². The molecule has 0 N–H and O–H groups in total. The maximum atomic E-state index is 10.1. The highest BCUT2D eigenvalue weighted by Crippen LogP contribution is 2.19. The molecule has 0 amide bonds. The molecule has 0 aromatic rings. The maximum absolute atomic E-state index is 10.1. The molecule has 1 aliphatic rings. The summed E-state index contributed by atoms with van der Waals surface area (Å²) < 4.78 is 9.94. The smallest absolute Gasteiger partial charge is 0.205 e. The van der Waals surface area contributed by atoms with Crippen molar-refractivity contribution >= 4 is 6.29 Å². The van der Waals surface area contributed by atoms with Gasteiger partial charge in [-0.3, -0.25) is 0 Å². The summed E-state index contributed by atoms with van der Waals surface area (Å²) in [6, 6.07) is 0. The lowest BCUT2D eigenvalue weighted by Gasteiger charge is -2.13. The molecule has 10 heavy (non-hydrogen) atoms. The lowest BCUT2D eigenvalue weighted by atomic mass is 10.1. The summed E-state index contributed by atoms with van der Waals surface area (Å²) in [5.74, 6) is 0.0995. The summed E-state index contributed by atoms with van der Waals surface area (Å²) in [6.07, 6.45) is 4.49. The molecule has 3 heteroatoms. The van der Waals surface area contributed by atoms with Crippen LogP contribution in [0.5, 0.6) is 0 Å². The van der Waals surface area contributed by atoms with E-state index >= 15 is 0 Å². The molecular weight excluding hydrogens is 132 g/mol. The molecule has 2 unspecified atom stereocenters. The number of rotatable bonds is 3. The number of carbonyl (C=O) groups is 1. The Hall–Kier alpha value is -0.830. The second-order valence-electron chi connectivity index (χ2n) is 2.13. The summed E-state index contributed by atoms with van der Waals surface area (Å²) in [5, 5.41) is 0. The number of ether oxygens (including phenoxy) is 2. The molecule has 1 rings (SSSR count). The predicted molar refractivity (Wildman–Crippen MR) is 35.2 cm³/mol. The lowest BCUT2D eigenvalue weighted by Crippen LogP contribution is -2.18. The molecule has 1 aliphatic heterocycles. The first-order valence-corrected chi connectivity index (χ1v) is 3.17. The van der Waals surface area contributed by atoms with Gasteiger partial charge in [-0.05, 0) is 6.08 Å². The fourth-order valence-electron chi connectivity index (χ4n) is 0.946. The van der Waals surface area contributed by atoms with E-state index in [1.165, 1.54) is 0 Å². The number of methoxy groups -OCH3 is 1. The molecule has 0 spiro atoms. The van der Waals surface area contributed by atoms with Gasteiger partial charge in [0.2, 0.25) is 6.29 Å². The minimum Gasteiger partial charge on any atom is -0.472 e. The van der Waals surface area contributed by atoms with Crippen LogP contribution in [-0.4, -0.2) is 19.7 Å². The maximum Gasteiger partial charge on any atom is 0.205 e. The van der Waals surface area contributed by atoms with Crippen molar-refractivity contribution in [2.45, 2.75) is 12.7 Å². The minimum atomic E-state index is -0.259. The molecule has 56 valence electrons. The van der Waals surface area contributed by atoms with Crippen LogP contribution in [-0.2, 0) is 14.3 Å². The standard InChI is InChI=1S/C7H10O3/c1-9-7-6(2-4-8)3-5-10-7/h3-7H,2H2,1H3. The van der Waals surface area contributed by atoms with Gasteiger partial charge in [-0.15, -0.1) is 0 Å². The van der Waals surface area contributed by atoms with Crippen LogP contribution in [0.15, 0.2) is 12.3 Å². The topological polar surface area (TPSA) is 35.5 Å². The third-order valence-corrected chi connectivity index (χ3v) is 1.49. The van der Waals surface area contributed by atoms with Crippen LogP contribution in [0.4, 0.5) is 0 Å². The molecule has 0 bridgehead atoms. The highest BCUT2D eigenvalue weighted by atomic mass is 16.7. The van der Waals surface area contributed by atoms with E-state index in [1.807, 2.05) is 6.08 Å². The molecule has 3 nitrogen and oxygen atoms in total. The Labute approximate surface area is 59.6 Å². The first-order valence-electron chi connectivity index (χ1n) is 3.17. The van der Waals surface area contributed by atoms with Crippen molar-refractivity contribution in [1.29, 1.82) is 0 Å². The van der Waals surface area contributed by atoms with Gasteiger partial charge in [0.05, 0.1) is 6.26 Å². The van der Waals surface area contributed by atoms with E-state index in [1.54, 1.807) is 13.4 Å². The zero-order valence-electron chi connectivity index (χ0n) is 5.82. The van der Waals surface area contributed by atoms with Gasteiger partial charge in [0.25, 0.3) is 0 Å². The zero-order chi connectivity index (χ0) is 7.40. The van der Waals surface area contributed by atoms with Crippen molar-refractivity contribution in [3.05, 3.63) is 12.3 Å². The first-order chi connectivity index (χ1) is 4.88. The number of hydrogen-bond acceptors (Lipinski definition) is 3. The van der Waals surface area contributed by atoms with Crippen molar-refractivity contribution in [2.75, 3.05) is 7.11 Å². The molecule has 0 saturated carbocycles. The summed E-state index contributed by atoms with van der Waals surface area (Å²) in [6.45, 7) is 0. The van der Waals surface area contributed by atoms with Gasteiger partial charge in [0.15, 0.2) is 0 Å². The summed E-state index contributed by atoms with van der Waals surface area (Å²) in [4.78, 5) is 10.1. The van der Waals surface area contributed by atoms with Gasteiger partial charge in [0.1, 0.15) is 6.29 Å². The summed E-state index contributed by atoms with van der Waals surface area (Å²) in [5.41, 5.74) is 0. The van der Waals surface area contributed by atoms with Crippen molar-refractivity contribution in [3.8, 4) is 0 Å². The molecule has 0 radical (unpaired) electrons. The van der Waals surface area contributed by atoms with E-state index in [-0.39, 0.29) is 12.2 Å². The van der Waals surface area contributed by atoms with Gasteiger partial charge in [-0.25, -0.2) is 0 Å². The Bertz CT molecular complexity index is 142. The molecule has 2 atom stereocenters. The van der Waals surface area contributed by atoms with E-state index < -0.39 is 0 Å². The largest absolute Gasteiger partial charge is 0.472 e. The van der Waals surface area contributed by atoms with Crippen molar-refractivity contribution < 1.29 is 14.3 Å². The van der Waals surface area contributed by atoms with E-state index in [0.717, 1.165) is 6.29 Å². The molecule has 0 aromatic heterocycles. The highest BCUT2D eigenvalue weighted by Gasteiger charge is 2.23. The van der Waals surface area contributed by atoms with Crippen molar-refractivity contribution in [3.63, 3.8) is 0 Å². The van der Waals surface area contributed by atoms with Gasteiger partial charge in [-0.2, -0.15) is 0 Å². The highest BCUT2D eigenvalue weighted by molar-refractivity contribution is 5.50. The zero-order valence-corrected chi connectivity index (χ0v) is 5.82. The predicted octanol–water partition coefficient (Wildman–Crippen LogP) is 0.708. The van der Waals surface area contributed by atoms with Crippen molar-refractivity contribution in [1.82, 2.24) is 0 Å². The minimum absolute atomic E-state index is 0.0995. The van der Waals surface area contributed by atoms with Crippen LogP contribution >= 0.6 is 0 Å². The van der Waals surface area contributed by atoms with E-state index in [0.29, 0.717) is 6.42 Å². The monoisotopic (exact) mass is 142 g/mol. The Balaban J connectivity index is 2.40. The normalized spacial score (nSPS) is 30.1. The number of carbonyl (C=O) groups excluding carboxylic acids is 1. The van der Waals surface area contributed by atoms with Crippen molar-refractivity contribution in [2.24, 2.45) is 5.92 Å². The second kappa shape index (κ2) is 3.37. The third kappa shape index (κ3) is 1.36. The average Bonchev–Trinajstić information content (AvgIpc) is 2.36. The average molecular weight is 142 g/mol. The van der Waals surface area contributed by atoms with Crippen LogP contribution in [0.2, 0.25) is 0 Å².